The number of carbonyl (C=O) groups is 1. The number of hydrogen-bond donors (Lipinski definition) is 3. The van der Waals surface area contributed by atoms with Crippen molar-refractivity contribution in [2.24, 2.45) is 16.8 Å². The molecule has 2 aromatic heterocycles. The highest BCUT2D eigenvalue weighted by molar-refractivity contribution is 5.93. The summed E-state index contributed by atoms with van der Waals surface area (Å²) in [6.45, 7) is 1.91. The van der Waals surface area contributed by atoms with E-state index in [4.69, 9.17) is 16.4 Å². The van der Waals surface area contributed by atoms with Crippen LogP contribution in [0, 0.1) is 0 Å². The second-order valence-corrected chi connectivity index (χ2v) is 5.96. The number of nitrogens with one attached hydrogen (secondary N) is 1. The van der Waals surface area contributed by atoms with Gasteiger partial charge in [-0.2, -0.15) is 4.98 Å². The molecular formula is C18H22N8O2. The van der Waals surface area contributed by atoms with Crippen LogP contribution in [0.2, 0.25) is 0 Å². The van der Waals surface area contributed by atoms with Gasteiger partial charge in [-0.15, -0.1) is 5.10 Å². The van der Waals surface area contributed by atoms with Crippen LogP contribution >= 0.6 is 0 Å². The van der Waals surface area contributed by atoms with E-state index in [1.54, 1.807) is 36.7 Å². The lowest BCUT2D eigenvalue weighted by molar-refractivity contribution is -0.115. The van der Waals surface area contributed by atoms with Crippen molar-refractivity contribution in [2.75, 3.05) is 12.4 Å². The van der Waals surface area contributed by atoms with Crippen LogP contribution in [0.4, 0.5) is 5.82 Å². The first-order valence-corrected chi connectivity index (χ1v) is 8.66. The molecule has 146 valence electrons. The van der Waals surface area contributed by atoms with E-state index >= 15 is 0 Å². The zero-order valence-corrected chi connectivity index (χ0v) is 15.7. The summed E-state index contributed by atoms with van der Waals surface area (Å²) in [5, 5.41) is 7.75. The number of imidazole rings is 1. The first-order chi connectivity index (χ1) is 13.5. The minimum absolute atomic E-state index is 0.109. The van der Waals surface area contributed by atoms with Gasteiger partial charge in [0.15, 0.2) is 0 Å². The Balaban J connectivity index is 1.89. The molecule has 0 aliphatic heterocycles. The minimum atomic E-state index is -0.109. The maximum absolute atomic E-state index is 11.6. The molecule has 1 aromatic carbocycles. The van der Waals surface area contributed by atoms with Gasteiger partial charge in [0.1, 0.15) is 12.4 Å². The van der Waals surface area contributed by atoms with Crippen LogP contribution in [0.25, 0.3) is 11.0 Å². The van der Waals surface area contributed by atoms with Crippen molar-refractivity contribution < 1.29 is 9.53 Å². The molecular weight excluding hydrogens is 360 g/mol. The van der Waals surface area contributed by atoms with Crippen molar-refractivity contribution in [2.45, 2.75) is 20.0 Å². The fraction of sp³-hybridized carbons (Fsp3) is 0.222. The summed E-state index contributed by atoms with van der Waals surface area (Å²) in [7, 11) is 1.62. The molecule has 10 heteroatoms. The molecule has 2 heterocycles. The number of fused-ring (bicyclic) bond motifs is 1. The van der Waals surface area contributed by atoms with Gasteiger partial charge in [-0.1, -0.05) is 25.1 Å². The number of nitrogens with two attached hydrogens (primary N) is 2. The van der Waals surface area contributed by atoms with E-state index in [0.29, 0.717) is 23.4 Å². The van der Waals surface area contributed by atoms with Crippen molar-refractivity contribution >= 4 is 28.7 Å². The number of carbonyl (C=O) groups excluding carboxylic acids is 1. The van der Waals surface area contributed by atoms with Crippen molar-refractivity contribution in [3.05, 3.63) is 48.2 Å². The number of benzene rings is 1. The predicted octanol–water partition coefficient (Wildman–Crippen LogP) is 1.24. The molecule has 3 rings (SSSR count). The average molecular weight is 382 g/mol. The number of hydrazine groups is 1. The Morgan fingerprint density at radius 2 is 2.04 bits per heavy atom. The van der Waals surface area contributed by atoms with Crippen molar-refractivity contribution in [1.82, 2.24) is 19.5 Å². The Bertz CT molecular complexity index is 1010. The average Bonchev–Trinajstić information content (AvgIpc) is 3.05. The molecule has 28 heavy (non-hydrogen) atoms. The molecule has 3 aromatic rings. The van der Waals surface area contributed by atoms with Gasteiger partial charge in [0, 0.05) is 13.5 Å². The van der Waals surface area contributed by atoms with Gasteiger partial charge >= 0.3 is 6.01 Å². The SMILES string of the molecule is CCC(=O)Nc1cccc(COc2nc3ccccc3n2/C(=N/N)N(C)N)n1. The molecule has 0 saturated carbocycles. The number of ether oxygens (including phenoxy) is 1. The van der Waals surface area contributed by atoms with E-state index in [-0.39, 0.29) is 24.5 Å². The molecule has 0 spiro atoms. The highest BCUT2D eigenvalue weighted by atomic mass is 16.5. The normalized spacial score (nSPS) is 11.5. The van der Waals surface area contributed by atoms with E-state index in [0.717, 1.165) is 5.52 Å². The van der Waals surface area contributed by atoms with Gasteiger partial charge in [-0.3, -0.25) is 9.80 Å². The van der Waals surface area contributed by atoms with E-state index in [1.165, 1.54) is 5.01 Å². The second kappa shape index (κ2) is 8.35. The summed E-state index contributed by atoms with van der Waals surface area (Å²) in [5.41, 5.74) is 2.08. The molecule has 10 nitrogen and oxygen atoms in total. The Hall–Kier alpha value is -3.66. The summed E-state index contributed by atoms with van der Waals surface area (Å²) in [5.74, 6) is 12.0. The maximum Gasteiger partial charge on any atom is 0.304 e. The second-order valence-electron chi connectivity index (χ2n) is 5.96. The highest BCUT2D eigenvalue weighted by Crippen LogP contribution is 2.22. The zero-order valence-electron chi connectivity index (χ0n) is 15.7. The van der Waals surface area contributed by atoms with Gasteiger partial charge in [-0.25, -0.2) is 15.4 Å². The van der Waals surface area contributed by atoms with Gasteiger partial charge < -0.3 is 15.9 Å². The van der Waals surface area contributed by atoms with Crippen LogP contribution in [0.3, 0.4) is 0 Å². The number of pyridine rings is 1. The predicted molar refractivity (Wildman–Crippen MR) is 106 cm³/mol. The lowest BCUT2D eigenvalue weighted by atomic mass is 10.3. The van der Waals surface area contributed by atoms with Crippen LogP contribution in [0.15, 0.2) is 47.6 Å². The number of aromatic nitrogens is 3. The van der Waals surface area contributed by atoms with Crippen molar-refractivity contribution in [3.8, 4) is 6.01 Å². The smallest absolute Gasteiger partial charge is 0.304 e. The molecule has 1 amide bonds. The maximum atomic E-state index is 11.6. The number of amides is 1. The van der Waals surface area contributed by atoms with Gasteiger partial charge in [-0.05, 0) is 24.3 Å². The molecule has 0 fully saturated rings. The summed E-state index contributed by atoms with van der Waals surface area (Å²) in [6.07, 6.45) is 0.375. The molecule has 0 aliphatic rings. The van der Waals surface area contributed by atoms with Crippen LogP contribution < -0.4 is 21.7 Å². The summed E-state index contributed by atoms with van der Waals surface area (Å²) >= 11 is 0. The number of para-hydroxylation sites is 2. The summed E-state index contributed by atoms with van der Waals surface area (Å²) in [4.78, 5) is 20.4. The molecule has 5 N–H and O–H groups in total. The molecule has 0 bridgehead atoms. The van der Waals surface area contributed by atoms with Crippen LogP contribution in [0.1, 0.15) is 19.0 Å². The molecule has 0 aliphatic carbocycles. The third-order valence-corrected chi connectivity index (χ3v) is 3.91. The number of rotatable bonds is 5. The van der Waals surface area contributed by atoms with E-state index in [9.17, 15) is 4.79 Å². The van der Waals surface area contributed by atoms with Crippen molar-refractivity contribution in [3.63, 3.8) is 0 Å². The molecule has 0 unspecified atom stereocenters. The van der Waals surface area contributed by atoms with Crippen molar-refractivity contribution in [1.29, 1.82) is 0 Å². The van der Waals surface area contributed by atoms with Gasteiger partial charge in [0.05, 0.1) is 16.7 Å². The Kier molecular flexibility index (Phi) is 5.70. The number of nitrogens with zero attached hydrogens (tertiary/aromatic N) is 5. The highest BCUT2D eigenvalue weighted by Gasteiger charge is 2.18. The molecule has 0 radical (unpaired) electrons. The van der Waals surface area contributed by atoms with Crippen LogP contribution in [-0.2, 0) is 11.4 Å². The standard InChI is InChI=1S/C18H22N8O2/c1-3-16(27)23-15-10-6-7-12(21-15)11-28-18-22-13-8-4-5-9-14(13)26(18)17(24-19)25(2)20/h4-10H,3,11,19-20H2,1-2H3,(H,21,23,27)/b24-17+. The number of anilines is 1. The first-order valence-electron chi connectivity index (χ1n) is 8.66. The zero-order chi connectivity index (χ0) is 20.1. The monoisotopic (exact) mass is 382 g/mol. The lowest BCUT2D eigenvalue weighted by Gasteiger charge is -2.17. The fourth-order valence-corrected chi connectivity index (χ4v) is 2.60. The summed E-state index contributed by atoms with van der Waals surface area (Å²) in [6, 6.07) is 13.0. The topological polar surface area (TPSA) is 137 Å². The van der Waals surface area contributed by atoms with Crippen LogP contribution in [0.5, 0.6) is 6.01 Å². The minimum Gasteiger partial charge on any atom is -0.458 e. The first kappa shape index (κ1) is 19.1. The van der Waals surface area contributed by atoms with E-state index < -0.39 is 0 Å². The fourth-order valence-electron chi connectivity index (χ4n) is 2.60. The van der Waals surface area contributed by atoms with E-state index in [1.807, 2.05) is 24.3 Å². The van der Waals surface area contributed by atoms with Gasteiger partial charge in [0.2, 0.25) is 11.9 Å². The quantitative estimate of drug-likeness (QED) is 0.261. The Labute approximate surface area is 161 Å². The third kappa shape index (κ3) is 4.01. The van der Waals surface area contributed by atoms with Crippen LogP contribution in [-0.4, -0.2) is 38.5 Å². The Morgan fingerprint density at radius 3 is 2.75 bits per heavy atom. The largest absolute Gasteiger partial charge is 0.458 e. The Morgan fingerprint density at radius 1 is 1.25 bits per heavy atom. The lowest BCUT2D eigenvalue weighted by Crippen LogP contribution is -2.39. The van der Waals surface area contributed by atoms with E-state index in [2.05, 4.69) is 20.4 Å². The number of hydrogen-bond acceptors (Lipinski definition) is 7. The number of hydrazone groups is 1. The van der Waals surface area contributed by atoms with Gasteiger partial charge in [0.25, 0.3) is 0 Å². The third-order valence-electron chi connectivity index (χ3n) is 3.91. The molecule has 0 saturated heterocycles. The molecule has 0 atom stereocenters. The summed E-state index contributed by atoms with van der Waals surface area (Å²) < 4.78 is 7.51.